The van der Waals surface area contributed by atoms with E-state index >= 15 is 0 Å². The zero-order chi connectivity index (χ0) is 10.8. The van der Waals surface area contributed by atoms with Gasteiger partial charge in [-0.05, 0) is 19.5 Å². The van der Waals surface area contributed by atoms with Gasteiger partial charge in [-0.15, -0.1) is 0 Å². The van der Waals surface area contributed by atoms with Gasteiger partial charge in [-0.1, -0.05) is 13.8 Å². The molecule has 0 aliphatic heterocycles. The molecule has 4 heteroatoms. The Labute approximate surface area is 86.3 Å². The SMILES string of the molecule is CCN(CC)CCNC(=O)CCCO. The molecule has 0 radical (unpaired) electrons. The van der Waals surface area contributed by atoms with Crippen LogP contribution in [0.1, 0.15) is 26.7 Å². The maximum Gasteiger partial charge on any atom is 0.220 e. The number of nitrogens with zero attached hydrogens (tertiary/aromatic N) is 1. The van der Waals surface area contributed by atoms with Gasteiger partial charge in [0.2, 0.25) is 5.91 Å². The highest BCUT2D eigenvalue weighted by Crippen LogP contribution is 1.88. The molecule has 0 fully saturated rings. The smallest absolute Gasteiger partial charge is 0.220 e. The monoisotopic (exact) mass is 202 g/mol. The number of likely N-dealkylation sites (N-methyl/N-ethyl adjacent to an activating group) is 1. The van der Waals surface area contributed by atoms with Crippen LogP contribution in [0.3, 0.4) is 0 Å². The molecule has 0 bridgehead atoms. The Kier molecular flexibility index (Phi) is 8.57. The lowest BCUT2D eigenvalue weighted by atomic mass is 10.3. The fraction of sp³-hybridized carbons (Fsp3) is 0.900. The number of carbonyl (C=O) groups excluding carboxylic acids is 1. The molecule has 0 aromatic heterocycles. The van der Waals surface area contributed by atoms with Crippen molar-refractivity contribution in [2.75, 3.05) is 32.8 Å². The first kappa shape index (κ1) is 13.4. The third-order valence-electron chi connectivity index (χ3n) is 2.21. The first-order valence-corrected chi connectivity index (χ1v) is 5.34. The van der Waals surface area contributed by atoms with E-state index in [2.05, 4.69) is 24.1 Å². The zero-order valence-corrected chi connectivity index (χ0v) is 9.25. The van der Waals surface area contributed by atoms with Crippen LogP contribution in [0.25, 0.3) is 0 Å². The normalized spacial score (nSPS) is 10.6. The van der Waals surface area contributed by atoms with Crippen molar-refractivity contribution in [2.45, 2.75) is 26.7 Å². The lowest BCUT2D eigenvalue weighted by Gasteiger charge is -2.17. The summed E-state index contributed by atoms with van der Waals surface area (Å²) in [7, 11) is 0. The predicted molar refractivity (Wildman–Crippen MR) is 57.1 cm³/mol. The van der Waals surface area contributed by atoms with Crippen LogP contribution in [-0.4, -0.2) is 48.7 Å². The van der Waals surface area contributed by atoms with Gasteiger partial charge in [0.25, 0.3) is 0 Å². The van der Waals surface area contributed by atoms with Gasteiger partial charge in [-0.3, -0.25) is 4.79 Å². The Balaban J connectivity index is 3.38. The molecule has 0 spiro atoms. The number of aliphatic hydroxyl groups is 1. The minimum Gasteiger partial charge on any atom is -0.396 e. The summed E-state index contributed by atoms with van der Waals surface area (Å²) in [5.41, 5.74) is 0. The molecule has 0 aliphatic rings. The second kappa shape index (κ2) is 8.97. The summed E-state index contributed by atoms with van der Waals surface area (Å²) in [6.07, 6.45) is 0.978. The molecule has 0 atom stereocenters. The summed E-state index contributed by atoms with van der Waals surface area (Å²) in [6, 6.07) is 0. The predicted octanol–water partition coefficient (Wildman–Crippen LogP) is 0.217. The summed E-state index contributed by atoms with van der Waals surface area (Å²) in [5.74, 6) is 0.0335. The van der Waals surface area contributed by atoms with E-state index in [1.54, 1.807) is 0 Å². The van der Waals surface area contributed by atoms with Crippen molar-refractivity contribution >= 4 is 5.91 Å². The summed E-state index contributed by atoms with van der Waals surface area (Å²) >= 11 is 0. The van der Waals surface area contributed by atoms with Crippen LogP contribution in [0.5, 0.6) is 0 Å². The molecule has 2 N–H and O–H groups in total. The molecule has 0 unspecified atom stereocenters. The molecule has 0 aliphatic carbocycles. The Morgan fingerprint density at radius 1 is 1.36 bits per heavy atom. The van der Waals surface area contributed by atoms with Crippen LogP contribution in [-0.2, 0) is 4.79 Å². The van der Waals surface area contributed by atoms with Crippen LogP contribution in [0, 0.1) is 0 Å². The van der Waals surface area contributed by atoms with Gasteiger partial charge in [0, 0.05) is 26.1 Å². The maximum atomic E-state index is 11.1. The van der Waals surface area contributed by atoms with Gasteiger partial charge in [0.15, 0.2) is 0 Å². The van der Waals surface area contributed by atoms with Crippen LogP contribution >= 0.6 is 0 Å². The highest BCUT2D eigenvalue weighted by atomic mass is 16.3. The first-order valence-electron chi connectivity index (χ1n) is 5.34. The maximum absolute atomic E-state index is 11.1. The van der Waals surface area contributed by atoms with Gasteiger partial charge in [0.05, 0.1) is 0 Å². The molecule has 0 saturated carbocycles. The summed E-state index contributed by atoms with van der Waals surface area (Å²) in [5, 5.41) is 11.3. The minimum atomic E-state index is 0.0335. The van der Waals surface area contributed by atoms with E-state index in [-0.39, 0.29) is 12.5 Å². The van der Waals surface area contributed by atoms with E-state index in [1.165, 1.54) is 0 Å². The van der Waals surface area contributed by atoms with Crippen LogP contribution in [0.4, 0.5) is 0 Å². The summed E-state index contributed by atoms with van der Waals surface area (Å²) in [6.45, 7) is 7.94. The number of hydrogen-bond acceptors (Lipinski definition) is 3. The number of amides is 1. The van der Waals surface area contributed by atoms with Gasteiger partial charge < -0.3 is 15.3 Å². The quantitative estimate of drug-likeness (QED) is 0.592. The Morgan fingerprint density at radius 2 is 2.00 bits per heavy atom. The van der Waals surface area contributed by atoms with Crippen molar-refractivity contribution in [1.82, 2.24) is 10.2 Å². The molecular weight excluding hydrogens is 180 g/mol. The fourth-order valence-electron chi connectivity index (χ4n) is 1.22. The number of aliphatic hydroxyl groups excluding tert-OH is 1. The Hall–Kier alpha value is -0.610. The highest BCUT2D eigenvalue weighted by Gasteiger charge is 2.01. The third-order valence-corrected chi connectivity index (χ3v) is 2.21. The second-order valence-corrected chi connectivity index (χ2v) is 3.20. The minimum absolute atomic E-state index is 0.0335. The largest absolute Gasteiger partial charge is 0.396 e. The van der Waals surface area contributed by atoms with E-state index in [0.29, 0.717) is 19.4 Å². The lowest BCUT2D eigenvalue weighted by molar-refractivity contribution is -0.121. The van der Waals surface area contributed by atoms with Crippen molar-refractivity contribution in [2.24, 2.45) is 0 Å². The molecule has 0 saturated heterocycles. The van der Waals surface area contributed by atoms with Crippen molar-refractivity contribution < 1.29 is 9.90 Å². The van der Waals surface area contributed by atoms with E-state index in [0.717, 1.165) is 19.6 Å². The van der Waals surface area contributed by atoms with Crippen molar-refractivity contribution in [3.8, 4) is 0 Å². The second-order valence-electron chi connectivity index (χ2n) is 3.20. The molecule has 0 aromatic carbocycles. The molecule has 14 heavy (non-hydrogen) atoms. The molecule has 1 amide bonds. The number of nitrogens with one attached hydrogen (secondary N) is 1. The van der Waals surface area contributed by atoms with E-state index < -0.39 is 0 Å². The standard InChI is InChI=1S/C10H22N2O2/c1-3-12(4-2)8-7-11-10(14)6-5-9-13/h13H,3-9H2,1-2H3,(H,11,14). The van der Waals surface area contributed by atoms with Crippen LogP contribution in [0.15, 0.2) is 0 Å². The zero-order valence-electron chi connectivity index (χ0n) is 9.25. The topological polar surface area (TPSA) is 52.6 Å². The van der Waals surface area contributed by atoms with Gasteiger partial charge in [0.1, 0.15) is 0 Å². The number of rotatable bonds is 8. The number of hydrogen-bond donors (Lipinski definition) is 2. The molecule has 0 aromatic rings. The molecule has 84 valence electrons. The average molecular weight is 202 g/mol. The lowest BCUT2D eigenvalue weighted by Crippen LogP contribution is -2.34. The average Bonchev–Trinajstić information content (AvgIpc) is 2.21. The summed E-state index contributed by atoms with van der Waals surface area (Å²) in [4.78, 5) is 13.4. The Morgan fingerprint density at radius 3 is 2.50 bits per heavy atom. The number of carbonyl (C=O) groups is 1. The molecule has 0 rings (SSSR count). The van der Waals surface area contributed by atoms with Crippen LogP contribution in [0.2, 0.25) is 0 Å². The van der Waals surface area contributed by atoms with Crippen molar-refractivity contribution in [3.05, 3.63) is 0 Å². The van der Waals surface area contributed by atoms with Gasteiger partial charge in [-0.25, -0.2) is 0 Å². The molecule has 4 nitrogen and oxygen atoms in total. The highest BCUT2D eigenvalue weighted by molar-refractivity contribution is 5.75. The fourth-order valence-corrected chi connectivity index (χ4v) is 1.22. The summed E-state index contributed by atoms with van der Waals surface area (Å²) < 4.78 is 0. The van der Waals surface area contributed by atoms with E-state index in [4.69, 9.17) is 5.11 Å². The van der Waals surface area contributed by atoms with Crippen molar-refractivity contribution in [3.63, 3.8) is 0 Å². The Bertz CT molecular complexity index is 147. The van der Waals surface area contributed by atoms with Crippen LogP contribution < -0.4 is 5.32 Å². The molecular formula is C10H22N2O2. The van der Waals surface area contributed by atoms with Gasteiger partial charge >= 0.3 is 0 Å². The first-order chi connectivity index (χ1) is 6.74. The third kappa shape index (κ3) is 6.86. The van der Waals surface area contributed by atoms with Gasteiger partial charge in [-0.2, -0.15) is 0 Å². The molecule has 0 heterocycles. The van der Waals surface area contributed by atoms with E-state index in [1.807, 2.05) is 0 Å². The van der Waals surface area contributed by atoms with Crippen molar-refractivity contribution in [1.29, 1.82) is 0 Å². The van der Waals surface area contributed by atoms with E-state index in [9.17, 15) is 4.79 Å².